The van der Waals surface area contributed by atoms with Gasteiger partial charge in [0.2, 0.25) is 5.91 Å². The van der Waals surface area contributed by atoms with Crippen molar-refractivity contribution in [3.05, 3.63) is 30.0 Å². The molecule has 1 amide bonds. The zero-order valence-electron chi connectivity index (χ0n) is 14.9. The molecule has 0 bridgehead atoms. The monoisotopic (exact) mass is 327 g/mol. The predicted octanol–water partition coefficient (Wildman–Crippen LogP) is 2.55. The highest BCUT2D eigenvalue weighted by molar-refractivity contribution is 5.78. The first-order chi connectivity index (χ1) is 11.5. The van der Waals surface area contributed by atoms with Crippen molar-refractivity contribution < 1.29 is 4.79 Å². The van der Waals surface area contributed by atoms with Crippen LogP contribution >= 0.6 is 0 Å². The summed E-state index contributed by atoms with van der Waals surface area (Å²) in [5.74, 6) is 2.12. The number of amides is 1. The normalized spacial score (nSPS) is 18.2. The first-order valence-corrected chi connectivity index (χ1v) is 8.57. The van der Waals surface area contributed by atoms with Gasteiger partial charge in [-0.1, -0.05) is 13.8 Å². The highest BCUT2D eigenvalue weighted by Crippen LogP contribution is 2.27. The third-order valence-corrected chi connectivity index (χ3v) is 4.51. The van der Waals surface area contributed by atoms with Crippen molar-refractivity contribution in [2.45, 2.75) is 39.5 Å². The number of imidazole rings is 1. The summed E-state index contributed by atoms with van der Waals surface area (Å²) < 4.78 is 1.96. The molecule has 3 heterocycles. The number of aryl methyl sites for hydroxylation is 2. The van der Waals surface area contributed by atoms with E-state index in [1.54, 1.807) is 6.20 Å². The van der Waals surface area contributed by atoms with Crippen LogP contribution in [-0.4, -0.2) is 43.4 Å². The highest BCUT2D eigenvalue weighted by Gasteiger charge is 2.28. The number of likely N-dealkylation sites (tertiary alicyclic amines) is 1. The summed E-state index contributed by atoms with van der Waals surface area (Å²) in [7, 11) is 1.96. The molecule has 1 saturated heterocycles. The fraction of sp³-hybridized carbons (Fsp3) is 0.556. The quantitative estimate of drug-likeness (QED) is 0.869. The molecule has 128 valence electrons. The summed E-state index contributed by atoms with van der Waals surface area (Å²) in [5, 5.41) is 0. The zero-order valence-corrected chi connectivity index (χ0v) is 14.9. The molecule has 0 N–H and O–H groups in total. The second-order valence-electron chi connectivity index (χ2n) is 6.89. The van der Waals surface area contributed by atoms with Gasteiger partial charge in [0.05, 0.1) is 0 Å². The van der Waals surface area contributed by atoms with Gasteiger partial charge in [-0.2, -0.15) is 0 Å². The van der Waals surface area contributed by atoms with Crippen LogP contribution in [0.3, 0.4) is 0 Å². The second kappa shape index (κ2) is 6.71. The maximum atomic E-state index is 12.3. The third kappa shape index (κ3) is 3.32. The molecule has 3 rings (SSSR count). The van der Waals surface area contributed by atoms with Crippen LogP contribution in [0.2, 0.25) is 0 Å². The van der Waals surface area contributed by atoms with Crippen LogP contribution in [0.25, 0.3) is 11.5 Å². The second-order valence-corrected chi connectivity index (χ2v) is 6.89. The van der Waals surface area contributed by atoms with Gasteiger partial charge >= 0.3 is 0 Å². The van der Waals surface area contributed by atoms with E-state index < -0.39 is 0 Å². The molecular formula is C18H25N5O. The number of piperidine rings is 1. The maximum absolute atomic E-state index is 12.3. The molecule has 1 aliphatic rings. The van der Waals surface area contributed by atoms with Gasteiger partial charge in [-0.25, -0.2) is 15.0 Å². The van der Waals surface area contributed by atoms with Crippen molar-refractivity contribution in [2.24, 2.45) is 13.0 Å². The lowest BCUT2D eigenvalue weighted by Gasteiger charge is -2.33. The molecule has 0 aromatic carbocycles. The van der Waals surface area contributed by atoms with E-state index in [1.807, 2.05) is 49.5 Å². The van der Waals surface area contributed by atoms with Gasteiger partial charge in [-0.05, 0) is 25.8 Å². The topological polar surface area (TPSA) is 63.9 Å². The summed E-state index contributed by atoms with van der Waals surface area (Å²) in [5.41, 5.74) is 1.78. The summed E-state index contributed by atoms with van der Waals surface area (Å²) in [6.45, 7) is 7.44. The van der Waals surface area contributed by atoms with Gasteiger partial charge in [0.15, 0.2) is 5.82 Å². The Kier molecular flexibility index (Phi) is 4.64. The molecule has 1 fully saturated rings. The standard InChI is InChI=1S/C18H25N5O/c1-12(2)18(24)23-8-5-6-14(11-23)16-20-13(3)10-15(21-16)17-19-7-9-22(17)4/h7,9-10,12,14H,5-6,8,11H2,1-4H3/t14-/m0/s1. The molecule has 0 radical (unpaired) electrons. The van der Waals surface area contributed by atoms with Crippen molar-refractivity contribution in [3.63, 3.8) is 0 Å². The van der Waals surface area contributed by atoms with Crippen molar-refractivity contribution >= 4 is 5.91 Å². The van der Waals surface area contributed by atoms with Gasteiger partial charge in [0.1, 0.15) is 11.5 Å². The fourth-order valence-corrected chi connectivity index (χ4v) is 3.25. The summed E-state index contributed by atoms with van der Waals surface area (Å²) in [4.78, 5) is 28.1. The first-order valence-electron chi connectivity index (χ1n) is 8.57. The number of nitrogens with zero attached hydrogens (tertiary/aromatic N) is 5. The van der Waals surface area contributed by atoms with Gasteiger partial charge in [0, 0.05) is 50.1 Å². The summed E-state index contributed by atoms with van der Waals surface area (Å²) >= 11 is 0. The van der Waals surface area contributed by atoms with Crippen LogP contribution in [0, 0.1) is 12.8 Å². The number of hydrogen-bond donors (Lipinski definition) is 0. The number of carbonyl (C=O) groups excluding carboxylic acids is 1. The van der Waals surface area contributed by atoms with Gasteiger partial charge in [-0.3, -0.25) is 4.79 Å². The van der Waals surface area contributed by atoms with E-state index in [0.717, 1.165) is 42.4 Å². The van der Waals surface area contributed by atoms with Crippen molar-refractivity contribution in [1.82, 2.24) is 24.4 Å². The van der Waals surface area contributed by atoms with Crippen molar-refractivity contribution in [2.75, 3.05) is 13.1 Å². The van der Waals surface area contributed by atoms with Gasteiger partial charge in [0.25, 0.3) is 0 Å². The first kappa shape index (κ1) is 16.6. The predicted molar refractivity (Wildman–Crippen MR) is 92.4 cm³/mol. The minimum Gasteiger partial charge on any atom is -0.342 e. The van der Waals surface area contributed by atoms with Crippen LogP contribution < -0.4 is 0 Å². The molecule has 0 unspecified atom stereocenters. The Labute approximate surface area is 142 Å². The molecule has 0 spiro atoms. The molecule has 1 atom stereocenters. The third-order valence-electron chi connectivity index (χ3n) is 4.51. The molecule has 2 aromatic heterocycles. The number of carbonyl (C=O) groups is 1. The van der Waals surface area contributed by atoms with Crippen LogP contribution in [0.4, 0.5) is 0 Å². The molecule has 0 aliphatic carbocycles. The van der Waals surface area contributed by atoms with E-state index in [1.165, 1.54) is 0 Å². The van der Waals surface area contributed by atoms with E-state index >= 15 is 0 Å². The average molecular weight is 327 g/mol. The van der Waals surface area contributed by atoms with Crippen LogP contribution in [-0.2, 0) is 11.8 Å². The Morgan fingerprint density at radius 2 is 2.12 bits per heavy atom. The van der Waals surface area contributed by atoms with Crippen LogP contribution in [0.5, 0.6) is 0 Å². The summed E-state index contributed by atoms with van der Waals surface area (Å²) in [6, 6.07) is 1.96. The van der Waals surface area contributed by atoms with E-state index in [-0.39, 0.29) is 17.7 Å². The molecule has 0 saturated carbocycles. The lowest BCUT2D eigenvalue weighted by atomic mass is 9.96. The number of rotatable bonds is 3. The van der Waals surface area contributed by atoms with E-state index in [0.29, 0.717) is 6.54 Å². The number of hydrogen-bond acceptors (Lipinski definition) is 4. The molecule has 24 heavy (non-hydrogen) atoms. The van der Waals surface area contributed by atoms with Crippen LogP contribution in [0.1, 0.15) is 44.1 Å². The Morgan fingerprint density at radius 1 is 1.33 bits per heavy atom. The van der Waals surface area contributed by atoms with E-state index in [2.05, 4.69) is 9.97 Å². The van der Waals surface area contributed by atoms with Crippen LogP contribution in [0.15, 0.2) is 18.5 Å². The maximum Gasteiger partial charge on any atom is 0.225 e. The number of aromatic nitrogens is 4. The molecular weight excluding hydrogens is 302 g/mol. The lowest BCUT2D eigenvalue weighted by molar-refractivity contribution is -0.135. The minimum atomic E-state index is 0.0327. The van der Waals surface area contributed by atoms with E-state index in [4.69, 9.17) is 4.98 Å². The van der Waals surface area contributed by atoms with E-state index in [9.17, 15) is 4.79 Å². The van der Waals surface area contributed by atoms with Crippen molar-refractivity contribution in [3.8, 4) is 11.5 Å². The zero-order chi connectivity index (χ0) is 17.3. The molecule has 6 heteroatoms. The molecule has 6 nitrogen and oxygen atoms in total. The Balaban J connectivity index is 1.88. The van der Waals surface area contributed by atoms with Gasteiger partial charge < -0.3 is 9.47 Å². The SMILES string of the molecule is Cc1cc(-c2nccn2C)nc([C@H]2CCCN(C(=O)C(C)C)C2)n1. The smallest absolute Gasteiger partial charge is 0.225 e. The minimum absolute atomic E-state index is 0.0327. The average Bonchev–Trinajstić information content (AvgIpc) is 2.99. The van der Waals surface area contributed by atoms with Gasteiger partial charge in [-0.15, -0.1) is 0 Å². The Hall–Kier alpha value is -2.24. The summed E-state index contributed by atoms with van der Waals surface area (Å²) in [6.07, 6.45) is 5.70. The lowest BCUT2D eigenvalue weighted by Crippen LogP contribution is -2.41. The highest BCUT2D eigenvalue weighted by atomic mass is 16.2. The Morgan fingerprint density at radius 3 is 2.79 bits per heavy atom. The molecule has 1 aliphatic heterocycles. The molecule has 2 aromatic rings. The Bertz CT molecular complexity index is 737. The van der Waals surface area contributed by atoms with Crippen molar-refractivity contribution in [1.29, 1.82) is 0 Å². The fourth-order valence-electron chi connectivity index (χ4n) is 3.25. The largest absolute Gasteiger partial charge is 0.342 e.